The van der Waals surface area contributed by atoms with Crippen molar-refractivity contribution in [2.75, 3.05) is 26.3 Å². The van der Waals surface area contributed by atoms with Gasteiger partial charge in [-0.2, -0.15) is 0 Å². The summed E-state index contributed by atoms with van der Waals surface area (Å²) in [5.41, 5.74) is 0.343. The Labute approximate surface area is 134 Å². The summed E-state index contributed by atoms with van der Waals surface area (Å²) in [5.74, 6) is -0.896. The monoisotopic (exact) mass is 329 g/mol. The molecule has 3 heterocycles. The molecule has 8 heteroatoms. The molecule has 0 unspecified atom stereocenters. The van der Waals surface area contributed by atoms with Gasteiger partial charge in [-0.15, -0.1) is 11.3 Å². The molecule has 1 fully saturated rings. The third-order valence-corrected chi connectivity index (χ3v) is 4.94. The number of nitrogens with zero attached hydrogens (tertiary/aromatic N) is 3. The lowest BCUT2D eigenvalue weighted by molar-refractivity contribution is 0.0306. The number of carbonyl (C=O) groups excluding carboxylic acids is 3. The van der Waals surface area contributed by atoms with Gasteiger partial charge in [-0.25, -0.2) is 9.97 Å². The van der Waals surface area contributed by atoms with E-state index in [0.717, 1.165) is 11.3 Å². The SMILES string of the molecule is O=C1c2cc(C(=O)N3CCOCC3)sc2C(=O)c2nccnc21. The van der Waals surface area contributed by atoms with Crippen LogP contribution in [0.15, 0.2) is 18.5 Å². The van der Waals surface area contributed by atoms with Crippen molar-refractivity contribution in [3.8, 4) is 0 Å². The highest BCUT2D eigenvalue weighted by Crippen LogP contribution is 2.32. The lowest BCUT2D eigenvalue weighted by Gasteiger charge is -2.26. The van der Waals surface area contributed by atoms with Crippen LogP contribution in [0.4, 0.5) is 0 Å². The summed E-state index contributed by atoms with van der Waals surface area (Å²) >= 11 is 1.04. The molecule has 2 aliphatic rings. The van der Waals surface area contributed by atoms with Gasteiger partial charge in [-0.1, -0.05) is 0 Å². The molecule has 7 nitrogen and oxygen atoms in total. The maximum atomic E-state index is 12.5. The number of ketones is 2. The highest BCUT2D eigenvalue weighted by atomic mass is 32.1. The van der Waals surface area contributed by atoms with E-state index in [1.165, 1.54) is 18.5 Å². The molecule has 116 valence electrons. The van der Waals surface area contributed by atoms with E-state index in [1.54, 1.807) is 4.90 Å². The quantitative estimate of drug-likeness (QED) is 0.655. The van der Waals surface area contributed by atoms with Crippen molar-refractivity contribution in [2.24, 2.45) is 0 Å². The number of rotatable bonds is 1. The van der Waals surface area contributed by atoms with Gasteiger partial charge in [0, 0.05) is 31.0 Å². The van der Waals surface area contributed by atoms with Crippen LogP contribution < -0.4 is 0 Å². The van der Waals surface area contributed by atoms with Crippen molar-refractivity contribution in [2.45, 2.75) is 0 Å². The third kappa shape index (κ3) is 2.18. The van der Waals surface area contributed by atoms with Crippen LogP contribution in [0.25, 0.3) is 0 Å². The Balaban J connectivity index is 1.73. The summed E-state index contributed by atoms with van der Waals surface area (Å²) in [6.45, 7) is 2.00. The maximum Gasteiger partial charge on any atom is 0.264 e. The fourth-order valence-electron chi connectivity index (χ4n) is 2.66. The van der Waals surface area contributed by atoms with Crippen LogP contribution in [0.5, 0.6) is 0 Å². The van der Waals surface area contributed by atoms with Crippen LogP contribution in [0.3, 0.4) is 0 Å². The molecule has 0 saturated carbocycles. The van der Waals surface area contributed by atoms with E-state index < -0.39 is 0 Å². The van der Waals surface area contributed by atoms with Crippen molar-refractivity contribution in [1.82, 2.24) is 14.9 Å². The first-order chi connectivity index (χ1) is 11.2. The van der Waals surface area contributed by atoms with E-state index in [1.807, 2.05) is 0 Å². The van der Waals surface area contributed by atoms with E-state index in [4.69, 9.17) is 4.74 Å². The molecule has 1 aliphatic heterocycles. The van der Waals surface area contributed by atoms with Crippen LogP contribution in [0, 0.1) is 0 Å². The second kappa shape index (κ2) is 5.32. The Morgan fingerprint density at radius 1 is 1.09 bits per heavy atom. The van der Waals surface area contributed by atoms with Crippen molar-refractivity contribution in [3.63, 3.8) is 0 Å². The lowest BCUT2D eigenvalue weighted by atomic mass is 9.96. The Morgan fingerprint density at radius 2 is 1.74 bits per heavy atom. The standard InChI is InChI=1S/C15H11N3O4S/c19-12-8-7-9(15(21)18-3-5-22-6-4-18)23-14(8)13(20)11-10(12)16-1-2-17-11/h1-2,7H,3-6H2. The predicted molar refractivity (Wildman–Crippen MR) is 79.9 cm³/mol. The van der Waals surface area contributed by atoms with E-state index in [9.17, 15) is 14.4 Å². The minimum atomic E-state index is -0.361. The molecule has 1 amide bonds. The van der Waals surface area contributed by atoms with Gasteiger partial charge < -0.3 is 9.64 Å². The molecule has 0 spiro atoms. The number of amides is 1. The summed E-state index contributed by atoms with van der Waals surface area (Å²) < 4.78 is 5.23. The van der Waals surface area contributed by atoms with Crippen molar-refractivity contribution in [1.29, 1.82) is 0 Å². The topological polar surface area (TPSA) is 89.5 Å². The van der Waals surface area contributed by atoms with Crippen LogP contribution in [0.2, 0.25) is 0 Å². The minimum absolute atomic E-state index is 0.0492. The summed E-state index contributed by atoms with van der Waals surface area (Å²) in [6, 6.07) is 1.50. The Kier molecular flexibility index (Phi) is 3.28. The molecule has 1 saturated heterocycles. The number of ether oxygens (including phenoxy) is 1. The lowest BCUT2D eigenvalue weighted by Crippen LogP contribution is -2.40. The number of carbonyl (C=O) groups is 3. The van der Waals surface area contributed by atoms with Gasteiger partial charge in [0.05, 0.1) is 23.0 Å². The van der Waals surface area contributed by atoms with Gasteiger partial charge in [-0.3, -0.25) is 14.4 Å². The van der Waals surface area contributed by atoms with E-state index in [-0.39, 0.29) is 39.3 Å². The van der Waals surface area contributed by atoms with Gasteiger partial charge in [0.1, 0.15) is 11.4 Å². The largest absolute Gasteiger partial charge is 0.378 e. The Morgan fingerprint density at radius 3 is 2.43 bits per heavy atom. The number of hydrogen-bond donors (Lipinski definition) is 0. The fraction of sp³-hybridized carbons (Fsp3) is 0.267. The van der Waals surface area contributed by atoms with Crippen LogP contribution in [0.1, 0.15) is 41.1 Å². The van der Waals surface area contributed by atoms with Crippen molar-refractivity contribution < 1.29 is 19.1 Å². The third-order valence-electron chi connectivity index (χ3n) is 3.82. The van der Waals surface area contributed by atoms with E-state index >= 15 is 0 Å². The summed E-state index contributed by atoms with van der Waals surface area (Å²) in [7, 11) is 0. The van der Waals surface area contributed by atoms with Crippen LogP contribution in [-0.2, 0) is 4.74 Å². The highest BCUT2D eigenvalue weighted by molar-refractivity contribution is 7.16. The first-order valence-corrected chi connectivity index (χ1v) is 7.89. The van der Waals surface area contributed by atoms with Gasteiger partial charge in [0.2, 0.25) is 11.6 Å². The fourth-order valence-corrected chi connectivity index (χ4v) is 3.73. The smallest absolute Gasteiger partial charge is 0.264 e. The molecule has 23 heavy (non-hydrogen) atoms. The molecule has 0 radical (unpaired) electrons. The molecule has 0 N–H and O–H groups in total. The minimum Gasteiger partial charge on any atom is -0.378 e. The van der Waals surface area contributed by atoms with Gasteiger partial charge in [0.25, 0.3) is 5.91 Å². The number of morpholine rings is 1. The maximum absolute atomic E-state index is 12.5. The van der Waals surface area contributed by atoms with Gasteiger partial charge >= 0.3 is 0 Å². The average Bonchev–Trinajstić information content (AvgIpc) is 3.05. The predicted octanol–water partition coefficient (Wildman–Crippen LogP) is 0.786. The van der Waals surface area contributed by atoms with E-state index in [2.05, 4.69) is 9.97 Å². The number of hydrogen-bond acceptors (Lipinski definition) is 7. The highest BCUT2D eigenvalue weighted by Gasteiger charge is 2.35. The molecular weight excluding hydrogens is 318 g/mol. The first kappa shape index (κ1) is 14.2. The summed E-state index contributed by atoms with van der Waals surface area (Å²) in [4.78, 5) is 47.7. The van der Waals surface area contributed by atoms with Gasteiger partial charge in [-0.05, 0) is 6.07 Å². The molecule has 0 aromatic carbocycles. The zero-order valence-electron chi connectivity index (χ0n) is 11.9. The van der Waals surface area contributed by atoms with E-state index in [0.29, 0.717) is 31.2 Å². The summed E-state index contributed by atoms with van der Waals surface area (Å²) in [5, 5.41) is 0. The zero-order valence-corrected chi connectivity index (χ0v) is 12.8. The number of fused-ring (bicyclic) bond motifs is 2. The molecule has 2 aromatic heterocycles. The average molecular weight is 329 g/mol. The molecule has 0 bridgehead atoms. The molecular formula is C15H11N3O4S. The molecule has 2 aromatic rings. The number of thiophene rings is 1. The van der Waals surface area contributed by atoms with Crippen molar-refractivity contribution >= 4 is 28.8 Å². The first-order valence-electron chi connectivity index (χ1n) is 7.08. The second-order valence-electron chi connectivity index (χ2n) is 5.17. The van der Waals surface area contributed by atoms with Crippen LogP contribution in [-0.4, -0.2) is 58.6 Å². The molecule has 1 aliphatic carbocycles. The second-order valence-corrected chi connectivity index (χ2v) is 6.22. The van der Waals surface area contributed by atoms with Crippen LogP contribution >= 0.6 is 11.3 Å². The van der Waals surface area contributed by atoms with Gasteiger partial charge in [0.15, 0.2) is 0 Å². The number of aromatic nitrogens is 2. The molecule has 4 rings (SSSR count). The normalized spacial score (nSPS) is 17.0. The zero-order chi connectivity index (χ0) is 16.0. The Bertz CT molecular complexity index is 786. The van der Waals surface area contributed by atoms with Crippen molar-refractivity contribution in [3.05, 3.63) is 45.2 Å². The molecule has 0 atom stereocenters. The Hall–Kier alpha value is -2.45. The summed E-state index contributed by atoms with van der Waals surface area (Å²) in [6.07, 6.45) is 2.75.